The highest BCUT2D eigenvalue weighted by atomic mass is 16.4. The summed E-state index contributed by atoms with van der Waals surface area (Å²) in [4.78, 5) is 13.9. The van der Waals surface area contributed by atoms with Crippen molar-refractivity contribution in [1.29, 1.82) is 0 Å². The summed E-state index contributed by atoms with van der Waals surface area (Å²) < 4.78 is 5.08. The molecule has 0 radical (unpaired) electrons. The number of hydrogen-bond donors (Lipinski definition) is 2. The average molecular weight is 275 g/mol. The molecule has 3 rings (SSSR count). The standard InChI is InChI=1S/C15H17NO4/c17-12-7-11-10(9-16-4-2-1-3-5-16)6-15(19)20-14(11)8-13(12)18/h6-8,17-18H,1-5,9H2. The molecule has 0 bridgehead atoms. The number of rotatable bonds is 2. The molecule has 2 aromatic rings. The van der Waals surface area contributed by atoms with E-state index in [0.717, 1.165) is 18.7 Å². The molecule has 1 aromatic heterocycles. The lowest BCUT2D eigenvalue weighted by Gasteiger charge is -2.26. The number of aromatic hydroxyl groups is 2. The molecule has 2 N–H and O–H groups in total. The fraction of sp³-hybridized carbons (Fsp3) is 0.400. The quantitative estimate of drug-likeness (QED) is 0.649. The van der Waals surface area contributed by atoms with Crippen molar-refractivity contribution in [1.82, 2.24) is 4.90 Å². The molecule has 0 amide bonds. The zero-order chi connectivity index (χ0) is 14.1. The Labute approximate surface area is 116 Å². The van der Waals surface area contributed by atoms with Crippen LogP contribution in [0.3, 0.4) is 0 Å². The first kappa shape index (κ1) is 13.0. The van der Waals surface area contributed by atoms with E-state index in [4.69, 9.17) is 4.42 Å². The van der Waals surface area contributed by atoms with Crippen molar-refractivity contribution < 1.29 is 14.6 Å². The summed E-state index contributed by atoms with van der Waals surface area (Å²) in [5.74, 6) is -0.484. The third-order valence-corrected chi connectivity index (χ3v) is 3.77. The molecular formula is C15H17NO4. The maximum Gasteiger partial charge on any atom is 0.336 e. The van der Waals surface area contributed by atoms with E-state index in [1.807, 2.05) is 0 Å². The maximum absolute atomic E-state index is 11.6. The van der Waals surface area contributed by atoms with Gasteiger partial charge in [0.1, 0.15) is 5.58 Å². The smallest absolute Gasteiger partial charge is 0.336 e. The second kappa shape index (κ2) is 5.17. The highest BCUT2D eigenvalue weighted by Crippen LogP contribution is 2.31. The molecule has 1 aliphatic rings. The van der Waals surface area contributed by atoms with Crippen molar-refractivity contribution in [2.24, 2.45) is 0 Å². The number of phenolic OH excluding ortho intramolecular Hbond substituents is 2. The minimum atomic E-state index is -0.436. The Morgan fingerprint density at radius 1 is 1.05 bits per heavy atom. The number of fused-ring (bicyclic) bond motifs is 1. The molecule has 5 heteroatoms. The molecule has 0 spiro atoms. The first-order chi connectivity index (χ1) is 9.63. The van der Waals surface area contributed by atoms with Crippen molar-refractivity contribution in [3.63, 3.8) is 0 Å². The number of piperidine rings is 1. The molecule has 0 unspecified atom stereocenters. The highest BCUT2D eigenvalue weighted by molar-refractivity contribution is 5.83. The molecular weight excluding hydrogens is 258 g/mol. The second-order valence-electron chi connectivity index (χ2n) is 5.26. The van der Waals surface area contributed by atoms with Gasteiger partial charge in [-0.05, 0) is 37.6 Å². The zero-order valence-corrected chi connectivity index (χ0v) is 11.1. The van der Waals surface area contributed by atoms with Crippen LogP contribution in [0.25, 0.3) is 11.0 Å². The van der Waals surface area contributed by atoms with Crippen LogP contribution in [-0.2, 0) is 6.54 Å². The SMILES string of the molecule is O=c1cc(CN2CCCCC2)c2cc(O)c(O)cc2o1. The number of likely N-dealkylation sites (tertiary alicyclic amines) is 1. The van der Waals surface area contributed by atoms with Gasteiger partial charge in [-0.15, -0.1) is 0 Å². The van der Waals surface area contributed by atoms with Gasteiger partial charge in [0.15, 0.2) is 11.5 Å². The minimum Gasteiger partial charge on any atom is -0.504 e. The second-order valence-corrected chi connectivity index (χ2v) is 5.26. The van der Waals surface area contributed by atoms with Gasteiger partial charge < -0.3 is 14.6 Å². The first-order valence-corrected chi connectivity index (χ1v) is 6.84. The predicted molar refractivity (Wildman–Crippen MR) is 74.9 cm³/mol. The zero-order valence-electron chi connectivity index (χ0n) is 11.1. The van der Waals surface area contributed by atoms with Gasteiger partial charge in [-0.2, -0.15) is 0 Å². The molecule has 106 valence electrons. The van der Waals surface area contributed by atoms with Gasteiger partial charge >= 0.3 is 5.63 Å². The van der Waals surface area contributed by atoms with Gasteiger partial charge in [0.2, 0.25) is 0 Å². The molecule has 1 fully saturated rings. The molecule has 20 heavy (non-hydrogen) atoms. The summed E-state index contributed by atoms with van der Waals surface area (Å²) in [6.45, 7) is 2.70. The van der Waals surface area contributed by atoms with E-state index in [9.17, 15) is 15.0 Å². The van der Waals surface area contributed by atoms with Crippen LogP contribution in [0.15, 0.2) is 27.4 Å². The molecule has 0 saturated carbocycles. The molecule has 1 aromatic carbocycles. The number of phenols is 2. The summed E-state index contributed by atoms with van der Waals surface area (Å²) >= 11 is 0. The first-order valence-electron chi connectivity index (χ1n) is 6.84. The molecule has 0 atom stereocenters. The highest BCUT2D eigenvalue weighted by Gasteiger charge is 2.15. The summed E-state index contributed by atoms with van der Waals surface area (Å²) in [7, 11) is 0. The van der Waals surface area contributed by atoms with Crippen LogP contribution in [0, 0.1) is 0 Å². The Morgan fingerprint density at radius 3 is 2.50 bits per heavy atom. The Kier molecular flexibility index (Phi) is 3.36. The topological polar surface area (TPSA) is 73.9 Å². The summed E-state index contributed by atoms with van der Waals surface area (Å²) in [6, 6.07) is 4.20. The van der Waals surface area contributed by atoms with Crippen molar-refractivity contribution >= 4 is 11.0 Å². The fourth-order valence-electron chi connectivity index (χ4n) is 2.74. The van der Waals surface area contributed by atoms with Crippen molar-refractivity contribution in [2.75, 3.05) is 13.1 Å². The van der Waals surface area contributed by atoms with Crippen LogP contribution in [0.2, 0.25) is 0 Å². The Hall–Kier alpha value is -2.01. The number of hydrogen-bond acceptors (Lipinski definition) is 5. The van der Waals surface area contributed by atoms with E-state index in [1.54, 1.807) is 0 Å². The molecule has 1 aliphatic heterocycles. The lowest BCUT2D eigenvalue weighted by Crippen LogP contribution is -2.29. The molecule has 0 aliphatic carbocycles. The van der Waals surface area contributed by atoms with Crippen LogP contribution in [-0.4, -0.2) is 28.2 Å². The van der Waals surface area contributed by atoms with E-state index in [1.165, 1.54) is 37.5 Å². The third kappa shape index (κ3) is 2.49. The van der Waals surface area contributed by atoms with E-state index in [-0.39, 0.29) is 11.5 Å². The maximum atomic E-state index is 11.6. The van der Waals surface area contributed by atoms with Crippen LogP contribution in [0.4, 0.5) is 0 Å². The van der Waals surface area contributed by atoms with Crippen LogP contribution >= 0.6 is 0 Å². The van der Waals surface area contributed by atoms with Crippen molar-refractivity contribution in [2.45, 2.75) is 25.8 Å². The fourth-order valence-corrected chi connectivity index (χ4v) is 2.74. The number of nitrogens with zero attached hydrogens (tertiary/aromatic N) is 1. The van der Waals surface area contributed by atoms with Gasteiger partial charge in [0.25, 0.3) is 0 Å². The molecule has 1 saturated heterocycles. The summed E-state index contributed by atoms with van der Waals surface area (Å²) in [6.07, 6.45) is 3.60. The van der Waals surface area contributed by atoms with Gasteiger partial charge in [0.05, 0.1) is 0 Å². The van der Waals surface area contributed by atoms with E-state index >= 15 is 0 Å². The predicted octanol–water partition coefficient (Wildman–Crippen LogP) is 2.19. The van der Waals surface area contributed by atoms with Crippen molar-refractivity contribution in [3.8, 4) is 11.5 Å². The minimum absolute atomic E-state index is 0.203. The van der Waals surface area contributed by atoms with Gasteiger partial charge in [-0.1, -0.05) is 6.42 Å². The lowest BCUT2D eigenvalue weighted by atomic mass is 10.1. The van der Waals surface area contributed by atoms with Crippen LogP contribution in [0.1, 0.15) is 24.8 Å². The molecule has 2 heterocycles. The monoisotopic (exact) mass is 275 g/mol. The Balaban J connectivity index is 2.04. The van der Waals surface area contributed by atoms with E-state index in [2.05, 4.69) is 4.90 Å². The van der Waals surface area contributed by atoms with E-state index < -0.39 is 5.63 Å². The number of benzene rings is 1. The van der Waals surface area contributed by atoms with Crippen LogP contribution < -0.4 is 5.63 Å². The summed E-state index contributed by atoms with van der Waals surface area (Å²) in [5, 5.41) is 19.8. The largest absolute Gasteiger partial charge is 0.504 e. The van der Waals surface area contributed by atoms with Crippen LogP contribution in [0.5, 0.6) is 11.5 Å². The Bertz CT molecular complexity index is 686. The lowest BCUT2D eigenvalue weighted by molar-refractivity contribution is 0.221. The van der Waals surface area contributed by atoms with Gasteiger partial charge in [0, 0.05) is 24.1 Å². The normalized spacial score (nSPS) is 16.6. The van der Waals surface area contributed by atoms with Gasteiger partial charge in [-0.3, -0.25) is 4.90 Å². The average Bonchev–Trinajstić information content (AvgIpc) is 2.42. The summed E-state index contributed by atoms with van der Waals surface area (Å²) in [5.41, 5.74) is 0.697. The van der Waals surface area contributed by atoms with Crippen molar-refractivity contribution in [3.05, 3.63) is 34.2 Å². The van der Waals surface area contributed by atoms with E-state index in [0.29, 0.717) is 17.5 Å². The molecule has 5 nitrogen and oxygen atoms in total. The Morgan fingerprint density at radius 2 is 1.75 bits per heavy atom. The third-order valence-electron chi connectivity index (χ3n) is 3.77. The van der Waals surface area contributed by atoms with Gasteiger partial charge in [-0.25, -0.2) is 4.79 Å².